The minimum absolute atomic E-state index is 0.00452. The number of nitrogens with one attached hydrogen (secondary N) is 2. The van der Waals surface area contributed by atoms with Crippen molar-refractivity contribution in [1.29, 1.82) is 0 Å². The molecule has 0 saturated heterocycles. The summed E-state index contributed by atoms with van der Waals surface area (Å²) in [5.41, 5.74) is 2.70. The van der Waals surface area contributed by atoms with E-state index in [0.29, 0.717) is 17.2 Å². The molecule has 0 radical (unpaired) electrons. The molecule has 5 aromatic rings. The minimum atomic E-state index is -0.912. The molecule has 0 bridgehead atoms. The third-order valence-corrected chi connectivity index (χ3v) is 6.47. The lowest BCUT2D eigenvalue weighted by Gasteiger charge is -2.12. The molecule has 0 aliphatic rings. The van der Waals surface area contributed by atoms with Gasteiger partial charge in [-0.05, 0) is 55.0 Å². The monoisotopic (exact) mass is 515 g/mol. The van der Waals surface area contributed by atoms with Crippen molar-refractivity contribution in [2.75, 3.05) is 12.4 Å². The van der Waals surface area contributed by atoms with E-state index in [1.165, 1.54) is 29.2 Å². The van der Waals surface area contributed by atoms with Gasteiger partial charge in [0.25, 0.3) is 0 Å². The molecular formula is C26H21N5O5S. The van der Waals surface area contributed by atoms with Crippen LogP contribution in [-0.4, -0.2) is 39.7 Å². The number of furan rings is 1. The van der Waals surface area contributed by atoms with Gasteiger partial charge >= 0.3 is 17.8 Å². The van der Waals surface area contributed by atoms with Crippen molar-refractivity contribution >= 4 is 45.0 Å². The van der Waals surface area contributed by atoms with E-state index in [1.807, 2.05) is 31.2 Å². The number of aromatic nitrogens is 3. The summed E-state index contributed by atoms with van der Waals surface area (Å²) in [5.74, 6) is -1.32. The largest absolute Gasteiger partial charge is 0.465 e. The number of anilines is 1. The van der Waals surface area contributed by atoms with E-state index in [-0.39, 0.29) is 17.8 Å². The maximum Gasteiger partial charge on any atom is 0.337 e. The molecular weight excluding hydrogens is 494 g/mol. The van der Waals surface area contributed by atoms with Crippen LogP contribution in [0.2, 0.25) is 0 Å². The lowest BCUT2D eigenvalue weighted by Crippen LogP contribution is -2.35. The van der Waals surface area contributed by atoms with Crippen LogP contribution < -0.4 is 10.6 Å². The van der Waals surface area contributed by atoms with Crippen LogP contribution in [0.1, 0.15) is 21.7 Å². The molecule has 186 valence electrons. The summed E-state index contributed by atoms with van der Waals surface area (Å²) < 4.78 is 13.2. The number of amides is 2. The zero-order valence-corrected chi connectivity index (χ0v) is 20.7. The Balaban J connectivity index is 1.28. The van der Waals surface area contributed by atoms with Gasteiger partial charge in [-0.25, -0.2) is 14.5 Å². The van der Waals surface area contributed by atoms with Crippen molar-refractivity contribution in [1.82, 2.24) is 20.1 Å². The minimum Gasteiger partial charge on any atom is -0.465 e. The Morgan fingerprint density at radius 2 is 1.92 bits per heavy atom. The Kier molecular flexibility index (Phi) is 6.52. The zero-order chi connectivity index (χ0) is 25.9. The summed E-state index contributed by atoms with van der Waals surface area (Å²) in [4.78, 5) is 41.8. The van der Waals surface area contributed by atoms with Crippen LogP contribution in [0.5, 0.6) is 0 Å². The maximum atomic E-state index is 12.7. The van der Waals surface area contributed by atoms with E-state index in [2.05, 4.69) is 20.7 Å². The molecule has 10 nitrogen and oxygen atoms in total. The number of nitrogens with zero attached hydrogens (tertiary/aromatic N) is 3. The van der Waals surface area contributed by atoms with Crippen LogP contribution in [-0.2, 0) is 20.9 Å². The fourth-order valence-corrected chi connectivity index (χ4v) is 4.55. The van der Waals surface area contributed by atoms with Crippen LogP contribution in [0.3, 0.4) is 0 Å². The third-order valence-electron chi connectivity index (χ3n) is 5.42. The van der Waals surface area contributed by atoms with E-state index in [9.17, 15) is 14.4 Å². The number of aryl methyl sites for hydroxylation is 1. The average molecular weight is 516 g/mol. The first kappa shape index (κ1) is 23.9. The fraction of sp³-hybridized carbons (Fsp3) is 0.115. The molecule has 2 N–H and O–H groups in total. The molecule has 2 aromatic carbocycles. The molecule has 0 aliphatic carbocycles. The number of thiazole rings is 1. The number of ether oxygens (including phenoxy) is 1. The molecule has 0 atom stereocenters. The second-order valence-corrected chi connectivity index (χ2v) is 9.11. The third kappa shape index (κ3) is 5.11. The molecule has 0 fully saturated rings. The second-order valence-electron chi connectivity index (χ2n) is 8.08. The first-order chi connectivity index (χ1) is 17.9. The predicted octanol–water partition coefficient (Wildman–Crippen LogP) is 4.09. The fourth-order valence-electron chi connectivity index (χ4n) is 3.62. The molecule has 11 heteroatoms. The van der Waals surface area contributed by atoms with Gasteiger partial charge in [-0.3, -0.25) is 9.59 Å². The number of methoxy groups -OCH3 is 1. The van der Waals surface area contributed by atoms with Gasteiger partial charge in [-0.2, -0.15) is 5.10 Å². The Bertz CT molecular complexity index is 1600. The summed E-state index contributed by atoms with van der Waals surface area (Å²) in [6.45, 7) is 1.87. The molecule has 2 amide bonds. The lowest BCUT2D eigenvalue weighted by atomic mass is 10.1. The molecule has 5 rings (SSSR count). The Hall–Kier alpha value is -4.77. The SMILES string of the molecule is COC(=O)c1ccc(-n2cc(C)cn2)c(NC(=O)C(=O)NCc2ccc(-c3nc4ccccc4s3)o2)c1. The number of benzene rings is 2. The highest BCUT2D eigenvalue weighted by Gasteiger charge is 2.19. The van der Waals surface area contributed by atoms with Gasteiger partial charge in [0.2, 0.25) is 0 Å². The summed E-state index contributed by atoms with van der Waals surface area (Å²) in [5, 5.41) is 10.1. The van der Waals surface area contributed by atoms with Crippen LogP contribution in [0.25, 0.3) is 26.7 Å². The quantitative estimate of drug-likeness (QED) is 0.257. The summed E-state index contributed by atoms with van der Waals surface area (Å²) in [7, 11) is 1.26. The summed E-state index contributed by atoms with van der Waals surface area (Å²) in [6, 6.07) is 15.9. The van der Waals surface area contributed by atoms with Crippen LogP contribution >= 0.6 is 11.3 Å². The van der Waals surface area contributed by atoms with E-state index in [0.717, 1.165) is 20.8 Å². The number of esters is 1. The topological polar surface area (TPSA) is 128 Å². The van der Waals surface area contributed by atoms with Crippen molar-refractivity contribution in [2.45, 2.75) is 13.5 Å². The van der Waals surface area contributed by atoms with Crippen molar-refractivity contribution in [3.63, 3.8) is 0 Å². The van der Waals surface area contributed by atoms with Gasteiger partial charge in [0.15, 0.2) is 10.8 Å². The lowest BCUT2D eigenvalue weighted by molar-refractivity contribution is -0.136. The van der Waals surface area contributed by atoms with Crippen LogP contribution in [0.15, 0.2) is 71.4 Å². The molecule has 37 heavy (non-hydrogen) atoms. The van der Waals surface area contributed by atoms with Gasteiger partial charge in [0, 0.05) is 6.20 Å². The van der Waals surface area contributed by atoms with Crippen LogP contribution in [0.4, 0.5) is 5.69 Å². The smallest absolute Gasteiger partial charge is 0.337 e. The van der Waals surface area contributed by atoms with Gasteiger partial charge in [-0.15, -0.1) is 11.3 Å². The normalized spacial score (nSPS) is 10.9. The van der Waals surface area contributed by atoms with E-state index < -0.39 is 17.8 Å². The second kappa shape index (κ2) is 10.1. The van der Waals surface area contributed by atoms with Crippen molar-refractivity contribution in [3.8, 4) is 16.5 Å². The number of rotatable bonds is 6. The van der Waals surface area contributed by atoms with Gasteiger partial charge in [0.05, 0.1) is 47.0 Å². The zero-order valence-electron chi connectivity index (χ0n) is 19.8. The van der Waals surface area contributed by atoms with Gasteiger partial charge < -0.3 is 19.8 Å². The standard InChI is InChI=1S/C26H21N5O5S/c1-15-12-28-31(14-15)20-9-7-16(26(34)35-2)11-19(20)29-24(33)23(32)27-13-17-8-10-21(36-17)25-30-18-5-3-4-6-22(18)37-25/h3-12,14H,13H2,1-2H3,(H,27,32)(H,29,33). The maximum absolute atomic E-state index is 12.7. The molecule has 3 aromatic heterocycles. The highest BCUT2D eigenvalue weighted by Crippen LogP contribution is 2.31. The number of hydrogen-bond donors (Lipinski definition) is 2. The number of carbonyl (C=O) groups excluding carboxylic acids is 3. The number of carbonyl (C=O) groups is 3. The summed E-state index contributed by atoms with van der Waals surface area (Å²) in [6.07, 6.45) is 3.40. The van der Waals surface area contributed by atoms with Crippen LogP contribution in [0, 0.1) is 6.92 Å². The number of para-hydroxylation sites is 1. The number of hydrogen-bond acceptors (Lipinski definition) is 8. The highest BCUT2D eigenvalue weighted by molar-refractivity contribution is 7.21. The first-order valence-corrected chi connectivity index (χ1v) is 12.0. The Morgan fingerprint density at radius 3 is 2.68 bits per heavy atom. The molecule has 0 saturated carbocycles. The van der Waals surface area contributed by atoms with Crippen molar-refractivity contribution < 1.29 is 23.5 Å². The molecule has 0 spiro atoms. The van der Waals surface area contributed by atoms with E-state index in [1.54, 1.807) is 36.7 Å². The average Bonchev–Trinajstić information content (AvgIpc) is 3.66. The van der Waals surface area contributed by atoms with Crippen molar-refractivity contribution in [2.24, 2.45) is 0 Å². The highest BCUT2D eigenvalue weighted by atomic mass is 32.1. The van der Waals surface area contributed by atoms with E-state index in [4.69, 9.17) is 9.15 Å². The van der Waals surface area contributed by atoms with E-state index >= 15 is 0 Å². The van der Waals surface area contributed by atoms with Gasteiger partial charge in [0.1, 0.15) is 5.76 Å². The molecule has 3 heterocycles. The first-order valence-electron chi connectivity index (χ1n) is 11.2. The molecule has 0 aliphatic heterocycles. The van der Waals surface area contributed by atoms with Crippen molar-refractivity contribution in [3.05, 3.63) is 83.9 Å². The Labute approximate surface area is 214 Å². The summed E-state index contributed by atoms with van der Waals surface area (Å²) >= 11 is 1.50. The Morgan fingerprint density at radius 1 is 1.08 bits per heavy atom. The van der Waals surface area contributed by atoms with Gasteiger partial charge in [-0.1, -0.05) is 12.1 Å². The predicted molar refractivity (Wildman–Crippen MR) is 137 cm³/mol. The number of fused-ring (bicyclic) bond motifs is 1. The molecule has 0 unspecified atom stereocenters.